The third-order valence-electron chi connectivity index (χ3n) is 2.12. The maximum atomic E-state index is 13.0. The van der Waals surface area contributed by atoms with E-state index in [2.05, 4.69) is 0 Å². The molecule has 0 aliphatic heterocycles. The number of halogens is 1. The molecule has 6 nitrogen and oxygen atoms in total. The summed E-state index contributed by atoms with van der Waals surface area (Å²) in [5, 5.41) is 28.6. The van der Waals surface area contributed by atoms with Crippen LogP contribution in [0.1, 0.15) is 18.4 Å². The third kappa shape index (κ3) is 2.08. The largest absolute Gasteiger partial charge is 0.502 e. The molecule has 1 rings (SSSR count). The van der Waals surface area contributed by atoms with E-state index in [1.54, 1.807) is 0 Å². The van der Waals surface area contributed by atoms with Gasteiger partial charge in [0.05, 0.1) is 16.9 Å². The predicted molar refractivity (Wildman–Crippen MR) is 50.8 cm³/mol. The molecule has 0 saturated carbocycles. The molecule has 1 aromatic rings. The van der Waals surface area contributed by atoms with Gasteiger partial charge in [-0.2, -0.15) is 0 Å². The molecule has 1 aromatic carbocycles. The molecule has 0 spiro atoms. The highest BCUT2D eigenvalue weighted by Crippen LogP contribution is 2.35. The minimum Gasteiger partial charge on any atom is -0.502 e. The number of phenolic OH excluding ortho intramolecular Hbond substituents is 1. The van der Waals surface area contributed by atoms with Crippen LogP contribution in [-0.2, 0) is 4.79 Å². The number of carboxylic acids is 1. The van der Waals surface area contributed by atoms with Crippen LogP contribution in [0.2, 0.25) is 0 Å². The number of phenols is 1. The molecule has 0 aliphatic carbocycles. The third-order valence-corrected chi connectivity index (χ3v) is 2.12. The fourth-order valence-corrected chi connectivity index (χ4v) is 1.21. The van der Waals surface area contributed by atoms with Crippen molar-refractivity contribution in [2.24, 2.45) is 0 Å². The van der Waals surface area contributed by atoms with Crippen LogP contribution in [0.4, 0.5) is 10.1 Å². The quantitative estimate of drug-likeness (QED) is 0.605. The maximum Gasteiger partial charge on any atom is 0.313 e. The number of rotatable bonds is 3. The van der Waals surface area contributed by atoms with Crippen molar-refractivity contribution < 1.29 is 24.3 Å². The first-order valence-corrected chi connectivity index (χ1v) is 4.24. The van der Waals surface area contributed by atoms with Gasteiger partial charge in [0.15, 0.2) is 5.75 Å². The predicted octanol–water partition coefficient (Wildman–Crippen LogP) is 1.63. The molecule has 0 amide bonds. The normalized spacial score (nSPS) is 12.1. The average Bonchev–Trinajstić information content (AvgIpc) is 2.19. The molecule has 1 atom stereocenters. The van der Waals surface area contributed by atoms with E-state index in [4.69, 9.17) is 5.11 Å². The second-order valence-electron chi connectivity index (χ2n) is 3.18. The van der Waals surface area contributed by atoms with E-state index >= 15 is 0 Å². The molecule has 0 bridgehead atoms. The minimum absolute atomic E-state index is 0.320. The summed E-state index contributed by atoms with van der Waals surface area (Å²) < 4.78 is 13.0. The summed E-state index contributed by atoms with van der Waals surface area (Å²) in [4.78, 5) is 20.1. The van der Waals surface area contributed by atoms with Gasteiger partial charge >= 0.3 is 11.7 Å². The van der Waals surface area contributed by atoms with E-state index in [0.717, 1.165) is 6.07 Å². The number of aromatic hydroxyl groups is 1. The fraction of sp³-hybridized carbons (Fsp3) is 0.222. The van der Waals surface area contributed by atoms with Gasteiger partial charge in [-0.15, -0.1) is 0 Å². The smallest absolute Gasteiger partial charge is 0.313 e. The standard InChI is InChI=1S/C9H8FNO5/c1-4(9(13)14)6-2-5(10)3-7(8(6)12)11(15)16/h2-4,12H,1H3,(H,13,14). The molecule has 1 unspecified atom stereocenters. The van der Waals surface area contributed by atoms with Crippen molar-refractivity contribution in [3.8, 4) is 5.75 Å². The molecule has 0 saturated heterocycles. The minimum atomic E-state index is -1.31. The Morgan fingerprint density at radius 1 is 1.56 bits per heavy atom. The molecule has 0 aromatic heterocycles. The second-order valence-corrected chi connectivity index (χ2v) is 3.18. The molecule has 0 heterocycles. The number of benzene rings is 1. The number of nitro groups is 1. The zero-order valence-electron chi connectivity index (χ0n) is 8.18. The van der Waals surface area contributed by atoms with Gasteiger partial charge in [0.1, 0.15) is 5.82 Å². The summed E-state index contributed by atoms with van der Waals surface area (Å²) in [7, 11) is 0. The van der Waals surface area contributed by atoms with Gasteiger partial charge in [0.2, 0.25) is 0 Å². The van der Waals surface area contributed by atoms with Crippen LogP contribution >= 0.6 is 0 Å². The number of hydrogen-bond donors (Lipinski definition) is 2. The van der Waals surface area contributed by atoms with E-state index in [-0.39, 0.29) is 5.56 Å². The van der Waals surface area contributed by atoms with E-state index < -0.39 is 34.1 Å². The van der Waals surface area contributed by atoms with E-state index in [1.165, 1.54) is 6.92 Å². The number of hydrogen-bond acceptors (Lipinski definition) is 4. The Labute approximate surface area is 89.1 Å². The number of nitrogens with zero attached hydrogens (tertiary/aromatic N) is 1. The van der Waals surface area contributed by atoms with Crippen LogP contribution in [0.15, 0.2) is 12.1 Å². The lowest BCUT2D eigenvalue weighted by Gasteiger charge is -2.09. The zero-order valence-corrected chi connectivity index (χ0v) is 8.18. The maximum absolute atomic E-state index is 13.0. The second kappa shape index (κ2) is 4.13. The first-order valence-electron chi connectivity index (χ1n) is 4.24. The lowest BCUT2D eigenvalue weighted by Crippen LogP contribution is -2.08. The van der Waals surface area contributed by atoms with E-state index in [9.17, 15) is 24.4 Å². The van der Waals surface area contributed by atoms with Gasteiger partial charge in [-0.1, -0.05) is 0 Å². The monoisotopic (exact) mass is 229 g/mol. The summed E-state index contributed by atoms with van der Waals surface area (Å²) in [6.07, 6.45) is 0. The Kier molecular flexibility index (Phi) is 3.07. The van der Waals surface area contributed by atoms with Crippen LogP contribution in [-0.4, -0.2) is 21.1 Å². The van der Waals surface area contributed by atoms with Crippen LogP contribution in [0, 0.1) is 15.9 Å². The molecule has 86 valence electrons. The Bertz CT molecular complexity index is 459. The molecular formula is C9H8FNO5. The van der Waals surface area contributed by atoms with Crippen molar-refractivity contribution in [3.63, 3.8) is 0 Å². The van der Waals surface area contributed by atoms with Gasteiger partial charge in [-0.25, -0.2) is 4.39 Å². The van der Waals surface area contributed by atoms with Crippen molar-refractivity contribution in [2.75, 3.05) is 0 Å². The summed E-state index contributed by atoms with van der Waals surface area (Å²) in [5.41, 5.74) is -1.16. The molecular weight excluding hydrogens is 221 g/mol. The fourth-order valence-electron chi connectivity index (χ4n) is 1.21. The Hall–Kier alpha value is -2.18. The van der Waals surface area contributed by atoms with Gasteiger partial charge in [0, 0.05) is 5.56 Å². The average molecular weight is 229 g/mol. The van der Waals surface area contributed by atoms with E-state index in [1.807, 2.05) is 0 Å². The molecule has 0 aliphatic rings. The first-order chi connectivity index (χ1) is 7.34. The van der Waals surface area contributed by atoms with Crippen LogP contribution in [0.3, 0.4) is 0 Å². The summed E-state index contributed by atoms with van der Waals surface area (Å²) in [6, 6.07) is 1.30. The number of aliphatic carboxylic acids is 1. The first kappa shape index (κ1) is 11.9. The highest BCUT2D eigenvalue weighted by Gasteiger charge is 2.25. The lowest BCUT2D eigenvalue weighted by atomic mass is 9.99. The molecule has 7 heteroatoms. The van der Waals surface area contributed by atoms with Crippen molar-refractivity contribution in [3.05, 3.63) is 33.6 Å². The van der Waals surface area contributed by atoms with Crippen molar-refractivity contribution in [2.45, 2.75) is 12.8 Å². The summed E-state index contributed by atoms with van der Waals surface area (Å²) in [5.74, 6) is -4.32. The Balaban J connectivity index is 3.40. The molecule has 16 heavy (non-hydrogen) atoms. The molecule has 0 fully saturated rings. The lowest BCUT2D eigenvalue weighted by molar-refractivity contribution is -0.386. The van der Waals surface area contributed by atoms with Crippen molar-refractivity contribution in [1.82, 2.24) is 0 Å². The molecule has 0 radical (unpaired) electrons. The topological polar surface area (TPSA) is 101 Å². The Morgan fingerprint density at radius 3 is 2.56 bits per heavy atom. The van der Waals surface area contributed by atoms with Crippen LogP contribution < -0.4 is 0 Å². The van der Waals surface area contributed by atoms with Gasteiger partial charge in [-0.3, -0.25) is 14.9 Å². The summed E-state index contributed by atoms with van der Waals surface area (Å²) in [6.45, 7) is 1.19. The number of carboxylic acid groups (broad SMARTS) is 1. The highest BCUT2D eigenvalue weighted by atomic mass is 19.1. The van der Waals surface area contributed by atoms with E-state index in [0.29, 0.717) is 6.07 Å². The van der Waals surface area contributed by atoms with Gasteiger partial charge in [0.25, 0.3) is 0 Å². The number of nitro benzene ring substituents is 1. The Morgan fingerprint density at radius 2 is 2.12 bits per heavy atom. The van der Waals surface area contributed by atoms with Gasteiger partial charge < -0.3 is 10.2 Å². The highest BCUT2D eigenvalue weighted by molar-refractivity contribution is 5.77. The molecule has 2 N–H and O–H groups in total. The number of carbonyl (C=O) groups is 1. The van der Waals surface area contributed by atoms with Crippen molar-refractivity contribution in [1.29, 1.82) is 0 Å². The van der Waals surface area contributed by atoms with Gasteiger partial charge in [-0.05, 0) is 13.0 Å². The SMILES string of the molecule is CC(C(=O)O)c1cc(F)cc([N+](=O)[O-])c1O. The van der Waals surface area contributed by atoms with Crippen LogP contribution in [0.5, 0.6) is 5.75 Å². The zero-order chi connectivity index (χ0) is 12.5. The van der Waals surface area contributed by atoms with Crippen LogP contribution in [0.25, 0.3) is 0 Å². The summed E-state index contributed by atoms with van der Waals surface area (Å²) >= 11 is 0. The van der Waals surface area contributed by atoms with Crippen molar-refractivity contribution >= 4 is 11.7 Å².